The van der Waals surface area contributed by atoms with Gasteiger partial charge in [-0.25, -0.2) is 0 Å². The summed E-state index contributed by atoms with van der Waals surface area (Å²) in [4.78, 5) is 10.8. The van der Waals surface area contributed by atoms with Gasteiger partial charge in [0.15, 0.2) is 0 Å². The summed E-state index contributed by atoms with van der Waals surface area (Å²) in [6.07, 6.45) is 3.69. The van der Waals surface area contributed by atoms with E-state index in [1.165, 1.54) is 26.2 Å². The second-order valence-corrected chi connectivity index (χ2v) is 5.58. The third kappa shape index (κ3) is 3.29. The quantitative estimate of drug-likeness (QED) is 0.507. The minimum Gasteiger partial charge on any atom is -0.465 e. The van der Waals surface area contributed by atoms with E-state index in [-0.39, 0.29) is 11.4 Å². The summed E-state index contributed by atoms with van der Waals surface area (Å²) in [5, 5.41) is 0. The van der Waals surface area contributed by atoms with Crippen molar-refractivity contribution in [2.45, 2.75) is 26.2 Å². The number of carbonyl (C=O) groups is 1. The molecule has 1 aliphatic carbocycles. The Morgan fingerprint density at radius 2 is 1.93 bits per heavy atom. The Bertz CT molecular complexity index is 214. The van der Waals surface area contributed by atoms with Crippen LogP contribution in [0, 0.1) is 5.41 Å². The number of esters is 1. The van der Waals surface area contributed by atoms with Crippen molar-refractivity contribution in [2.24, 2.45) is 5.41 Å². The van der Waals surface area contributed by atoms with Crippen molar-refractivity contribution < 1.29 is 14.0 Å². The molecule has 0 aliphatic heterocycles. The van der Waals surface area contributed by atoms with E-state index in [0.717, 1.165) is 11.0 Å². The molecule has 0 amide bonds. The molecule has 1 saturated carbocycles. The van der Waals surface area contributed by atoms with Gasteiger partial charge in [0.1, 0.15) is 6.61 Å². The van der Waals surface area contributed by atoms with E-state index in [4.69, 9.17) is 4.74 Å². The van der Waals surface area contributed by atoms with Crippen LogP contribution >= 0.6 is 0 Å². The van der Waals surface area contributed by atoms with E-state index in [2.05, 4.69) is 21.1 Å². The van der Waals surface area contributed by atoms with Crippen molar-refractivity contribution in [3.05, 3.63) is 0 Å². The molecular formula is C11H22NO2+. The van der Waals surface area contributed by atoms with Crippen LogP contribution in [-0.2, 0) is 9.53 Å². The fraction of sp³-hybridized carbons (Fsp3) is 0.909. The van der Waals surface area contributed by atoms with Crippen LogP contribution in [0.25, 0.3) is 0 Å². The third-order valence-corrected chi connectivity index (χ3v) is 2.81. The molecule has 0 aromatic carbocycles. The zero-order valence-electron chi connectivity index (χ0n) is 9.80. The van der Waals surface area contributed by atoms with Crippen LogP contribution in [0.15, 0.2) is 0 Å². The first kappa shape index (κ1) is 11.5. The first-order valence-electron chi connectivity index (χ1n) is 5.27. The molecule has 0 N–H and O–H groups in total. The van der Waals surface area contributed by atoms with Crippen molar-refractivity contribution in [2.75, 3.05) is 34.3 Å². The van der Waals surface area contributed by atoms with E-state index >= 15 is 0 Å². The van der Waals surface area contributed by atoms with Gasteiger partial charge in [0, 0.05) is 6.92 Å². The lowest BCUT2D eigenvalue weighted by Gasteiger charge is -2.44. The van der Waals surface area contributed by atoms with Gasteiger partial charge < -0.3 is 9.22 Å². The maximum absolute atomic E-state index is 10.8. The molecule has 3 heteroatoms. The number of quaternary nitrogens is 1. The van der Waals surface area contributed by atoms with E-state index in [1.807, 2.05) is 0 Å². The number of rotatable bonds is 4. The maximum atomic E-state index is 10.8. The minimum atomic E-state index is -0.155. The zero-order chi connectivity index (χ0) is 10.8. The zero-order valence-corrected chi connectivity index (χ0v) is 9.80. The first-order valence-corrected chi connectivity index (χ1v) is 5.27. The van der Waals surface area contributed by atoms with Gasteiger partial charge in [-0.1, -0.05) is 6.42 Å². The summed E-state index contributed by atoms with van der Waals surface area (Å²) in [5.41, 5.74) is 0.268. The Hall–Kier alpha value is -0.570. The number of hydrogen-bond donors (Lipinski definition) is 0. The van der Waals surface area contributed by atoms with Crippen molar-refractivity contribution in [3.8, 4) is 0 Å². The topological polar surface area (TPSA) is 26.3 Å². The SMILES string of the molecule is CC(=O)OCC1(C[N+](C)(C)C)CCC1. The van der Waals surface area contributed by atoms with Crippen LogP contribution in [0.3, 0.4) is 0 Å². The highest BCUT2D eigenvalue weighted by molar-refractivity contribution is 5.65. The second kappa shape index (κ2) is 3.89. The Morgan fingerprint density at radius 1 is 1.36 bits per heavy atom. The smallest absolute Gasteiger partial charge is 0.302 e. The van der Waals surface area contributed by atoms with Gasteiger partial charge in [0.05, 0.1) is 33.1 Å². The molecule has 0 atom stereocenters. The fourth-order valence-electron chi connectivity index (χ4n) is 2.29. The van der Waals surface area contributed by atoms with E-state index in [1.54, 1.807) is 0 Å². The highest BCUT2D eigenvalue weighted by atomic mass is 16.5. The Kier molecular flexibility index (Phi) is 3.20. The van der Waals surface area contributed by atoms with Gasteiger partial charge in [-0.15, -0.1) is 0 Å². The number of hydrogen-bond acceptors (Lipinski definition) is 2. The molecule has 0 bridgehead atoms. The van der Waals surface area contributed by atoms with Gasteiger partial charge in [0.2, 0.25) is 0 Å². The van der Waals surface area contributed by atoms with Crippen LogP contribution in [0.1, 0.15) is 26.2 Å². The fourth-order valence-corrected chi connectivity index (χ4v) is 2.29. The summed E-state index contributed by atoms with van der Waals surface area (Å²) in [6.45, 7) is 3.19. The van der Waals surface area contributed by atoms with Crippen LogP contribution < -0.4 is 0 Å². The molecule has 0 heterocycles. The Balaban J connectivity index is 2.45. The van der Waals surface area contributed by atoms with E-state index in [9.17, 15) is 4.79 Å². The van der Waals surface area contributed by atoms with E-state index < -0.39 is 0 Å². The number of ether oxygens (including phenoxy) is 1. The summed E-state index contributed by atoms with van der Waals surface area (Å²) >= 11 is 0. The normalized spacial score (nSPS) is 20.0. The van der Waals surface area contributed by atoms with Crippen LogP contribution in [0.4, 0.5) is 0 Å². The molecule has 0 aromatic heterocycles. The molecule has 0 radical (unpaired) electrons. The largest absolute Gasteiger partial charge is 0.465 e. The van der Waals surface area contributed by atoms with Crippen molar-refractivity contribution >= 4 is 5.97 Å². The average molecular weight is 200 g/mol. The molecular weight excluding hydrogens is 178 g/mol. The van der Waals surface area contributed by atoms with Gasteiger partial charge in [-0.3, -0.25) is 4.79 Å². The van der Waals surface area contributed by atoms with Crippen molar-refractivity contribution in [1.29, 1.82) is 0 Å². The minimum absolute atomic E-state index is 0.155. The number of carbonyl (C=O) groups excluding carboxylic acids is 1. The molecule has 1 rings (SSSR count). The predicted octanol–water partition coefficient (Wildman–Crippen LogP) is 1.43. The Labute approximate surface area is 86.6 Å². The van der Waals surface area contributed by atoms with Crippen molar-refractivity contribution in [1.82, 2.24) is 0 Å². The lowest BCUT2D eigenvalue weighted by atomic mass is 9.69. The molecule has 82 valence electrons. The molecule has 0 unspecified atom stereocenters. The molecule has 3 nitrogen and oxygen atoms in total. The van der Waals surface area contributed by atoms with Gasteiger partial charge >= 0.3 is 5.97 Å². The summed E-state index contributed by atoms with van der Waals surface area (Å²) < 4.78 is 6.09. The van der Waals surface area contributed by atoms with Crippen LogP contribution in [-0.4, -0.2) is 44.7 Å². The average Bonchev–Trinajstić information content (AvgIpc) is 1.92. The Morgan fingerprint density at radius 3 is 2.21 bits per heavy atom. The van der Waals surface area contributed by atoms with E-state index in [0.29, 0.717) is 6.61 Å². The maximum Gasteiger partial charge on any atom is 0.302 e. The molecule has 1 fully saturated rings. The third-order valence-electron chi connectivity index (χ3n) is 2.81. The summed E-state index contributed by atoms with van der Waals surface area (Å²) in [6, 6.07) is 0. The molecule has 0 spiro atoms. The summed E-state index contributed by atoms with van der Waals surface area (Å²) in [5.74, 6) is -0.155. The molecule has 14 heavy (non-hydrogen) atoms. The second-order valence-electron chi connectivity index (χ2n) is 5.58. The predicted molar refractivity (Wildman–Crippen MR) is 55.8 cm³/mol. The molecule has 0 aromatic rings. The lowest BCUT2D eigenvalue weighted by Crippen LogP contribution is -2.50. The molecule has 1 aliphatic rings. The van der Waals surface area contributed by atoms with Crippen LogP contribution in [0.2, 0.25) is 0 Å². The summed E-state index contributed by atoms with van der Waals surface area (Å²) in [7, 11) is 6.56. The lowest BCUT2D eigenvalue weighted by molar-refractivity contribution is -0.878. The first-order chi connectivity index (χ1) is 6.33. The van der Waals surface area contributed by atoms with Crippen molar-refractivity contribution in [3.63, 3.8) is 0 Å². The molecule has 0 saturated heterocycles. The highest BCUT2D eigenvalue weighted by Crippen LogP contribution is 2.42. The van der Waals surface area contributed by atoms with Gasteiger partial charge in [0.25, 0.3) is 0 Å². The standard InChI is InChI=1S/C11H22NO2/c1-10(13)14-9-11(6-5-7-11)8-12(2,3)4/h5-9H2,1-4H3/q+1. The number of nitrogens with zero attached hydrogens (tertiary/aromatic N) is 1. The van der Waals surface area contributed by atoms with Crippen LogP contribution in [0.5, 0.6) is 0 Å². The van der Waals surface area contributed by atoms with Gasteiger partial charge in [-0.05, 0) is 12.8 Å². The highest BCUT2D eigenvalue weighted by Gasteiger charge is 2.42. The monoisotopic (exact) mass is 200 g/mol. The van der Waals surface area contributed by atoms with Gasteiger partial charge in [-0.2, -0.15) is 0 Å².